The van der Waals surface area contributed by atoms with Gasteiger partial charge in [0.25, 0.3) is 5.91 Å². The Morgan fingerprint density at radius 3 is 2.32 bits per heavy atom. The van der Waals surface area contributed by atoms with Crippen LogP contribution in [-0.2, 0) is 4.74 Å². The topological polar surface area (TPSA) is 122 Å². The van der Waals surface area contributed by atoms with Crippen molar-refractivity contribution in [3.8, 4) is 0 Å². The van der Waals surface area contributed by atoms with E-state index in [4.69, 9.17) is 9.84 Å². The summed E-state index contributed by atoms with van der Waals surface area (Å²) in [5.41, 5.74) is 0.448. The molecule has 0 aromatic heterocycles. The number of ether oxygens (including phenoxy) is 1. The van der Waals surface area contributed by atoms with Crippen molar-refractivity contribution in [2.75, 3.05) is 11.9 Å². The van der Waals surface area contributed by atoms with Crippen LogP contribution in [0.4, 0.5) is 5.69 Å². The summed E-state index contributed by atoms with van der Waals surface area (Å²) in [6, 6.07) is 8.42. The van der Waals surface area contributed by atoms with Crippen LogP contribution in [-0.4, -0.2) is 62.5 Å². The SMILES string of the molecule is OC[C@H]1O[C@](O)(Nc2ccccc2)[C@H](O)[C@@H](O)[C@H]1O. The molecular weight excluding hydrogens is 254 g/mol. The van der Waals surface area contributed by atoms with Crippen LogP contribution in [0.1, 0.15) is 0 Å². The molecule has 1 fully saturated rings. The molecule has 5 atom stereocenters. The number of benzene rings is 1. The monoisotopic (exact) mass is 271 g/mol. The quantitative estimate of drug-likeness (QED) is 0.359. The average Bonchev–Trinajstić information content (AvgIpc) is 2.42. The van der Waals surface area contributed by atoms with E-state index in [0.717, 1.165) is 0 Å². The number of para-hydroxylation sites is 1. The first-order valence-electron chi connectivity index (χ1n) is 5.86. The van der Waals surface area contributed by atoms with Gasteiger partial charge in [0.15, 0.2) is 6.10 Å². The Labute approximate surface area is 109 Å². The highest BCUT2D eigenvalue weighted by molar-refractivity contribution is 5.44. The Bertz CT molecular complexity index is 414. The minimum Gasteiger partial charge on any atom is -0.394 e. The molecule has 7 heteroatoms. The van der Waals surface area contributed by atoms with E-state index in [1.807, 2.05) is 0 Å². The van der Waals surface area contributed by atoms with Crippen molar-refractivity contribution >= 4 is 5.69 Å². The minimum atomic E-state index is -2.30. The van der Waals surface area contributed by atoms with Crippen LogP contribution in [0.5, 0.6) is 0 Å². The Balaban J connectivity index is 2.21. The molecule has 7 nitrogen and oxygen atoms in total. The van der Waals surface area contributed by atoms with E-state index in [1.54, 1.807) is 30.3 Å². The van der Waals surface area contributed by atoms with Crippen LogP contribution < -0.4 is 5.32 Å². The van der Waals surface area contributed by atoms with Crippen molar-refractivity contribution in [2.45, 2.75) is 30.3 Å². The van der Waals surface area contributed by atoms with Crippen LogP contribution in [0.3, 0.4) is 0 Å². The number of anilines is 1. The van der Waals surface area contributed by atoms with Gasteiger partial charge in [-0.1, -0.05) is 18.2 Å². The standard InChI is InChI=1S/C12H17NO6/c14-6-8-9(15)10(16)11(17)12(18,19-8)13-7-4-2-1-3-5-7/h1-5,8-11,13-18H,6H2/t8-,9+,10+,11-,12+/m1/s1. The maximum absolute atomic E-state index is 10.2. The Kier molecular flexibility index (Phi) is 4.04. The van der Waals surface area contributed by atoms with Crippen molar-refractivity contribution in [3.05, 3.63) is 30.3 Å². The first-order chi connectivity index (χ1) is 8.98. The first-order valence-corrected chi connectivity index (χ1v) is 5.86. The summed E-state index contributed by atoms with van der Waals surface area (Å²) in [6.07, 6.45) is -6.12. The van der Waals surface area contributed by atoms with Crippen LogP contribution >= 0.6 is 0 Å². The number of nitrogens with one attached hydrogen (secondary N) is 1. The predicted molar refractivity (Wildman–Crippen MR) is 65.0 cm³/mol. The largest absolute Gasteiger partial charge is 0.394 e. The third-order valence-corrected chi connectivity index (χ3v) is 3.06. The van der Waals surface area contributed by atoms with Crippen LogP contribution in [0.2, 0.25) is 0 Å². The highest BCUT2D eigenvalue weighted by atomic mass is 16.7. The molecule has 0 amide bonds. The van der Waals surface area contributed by atoms with Gasteiger partial charge in [-0.3, -0.25) is 0 Å². The summed E-state index contributed by atoms with van der Waals surface area (Å²) in [6.45, 7) is -0.607. The van der Waals surface area contributed by atoms with E-state index in [2.05, 4.69) is 5.32 Å². The van der Waals surface area contributed by atoms with Crippen molar-refractivity contribution < 1.29 is 30.3 Å². The number of hydrogen-bond acceptors (Lipinski definition) is 7. The summed E-state index contributed by atoms with van der Waals surface area (Å²) in [4.78, 5) is 0. The lowest BCUT2D eigenvalue weighted by Crippen LogP contribution is -2.68. The molecule has 106 valence electrons. The fourth-order valence-electron chi connectivity index (χ4n) is 1.99. The number of aliphatic hydroxyl groups excluding tert-OH is 4. The lowest BCUT2D eigenvalue weighted by atomic mass is 9.96. The molecule has 1 aromatic carbocycles. The Morgan fingerprint density at radius 2 is 1.74 bits per heavy atom. The van der Waals surface area contributed by atoms with Crippen molar-refractivity contribution in [1.29, 1.82) is 0 Å². The highest BCUT2D eigenvalue weighted by Gasteiger charge is 2.52. The Hall–Kier alpha value is -1.22. The summed E-state index contributed by atoms with van der Waals surface area (Å²) in [7, 11) is 0. The van der Waals surface area contributed by atoms with Crippen molar-refractivity contribution in [1.82, 2.24) is 0 Å². The molecule has 0 bridgehead atoms. The second-order valence-electron chi connectivity index (χ2n) is 4.45. The van der Waals surface area contributed by atoms with Gasteiger partial charge < -0.3 is 35.6 Å². The van der Waals surface area contributed by atoms with Gasteiger partial charge in [0.2, 0.25) is 0 Å². The van der Waals surface area contributed by atoms with Gasteiger partial charge in [0.1, 0.15) is 18.3 Å². The summed E-state index contributed by atoms with van der Waals surface area (Å²) < 4.78 is 5.06. The van der Waals surface area contributed by atoms with E-state index in [-0.39, 0.29) is 0 Å². The first kappa shape index (κ1) is 14.2. The molecule has 2 rings (SSSR count). The second-order valence-corrected chi connectivity index (χ2v) is 4.45. The van der Waals surface area contributed by atoms with E-state index >= 15 is 0 Å². The zero-order valence-electron chi connectivity index (χ0n) is 10.0. The molecule has 1 aliphatic heterocycles. The minimum absolute atomic E-state index is 0.448. The van der Waals surface area contributed by atoms with Gasteiger partial charge in [0, 0.05) is 5.69 Å². The lowest BCUT2D eigenvalue weighted by molar-refractivity contribution is -0.336. The summed E-state index contributed by atoms with van der Waals surface area (Å²) in [5.74, 6) is -2.30. The smallest absolute Gasteiger partial charge is 0.277 e. The summed E-state index contributed by atoms with van der Waals surface area (Å²) >= 11 is 0. The average molecular weight is 271 g/mol. The Morgan fingerprint density at radius 1 is 1.11 bits per heavy atom. The molecular formula is C12H17NO6. The van der Waals surface area contributed by atoms with Gasteiger partial charge >= 0.3 is 0 Å². The maximum Gasteiger partial charge on any atom is 0.277 e. The van der Waals surface area contributed by atoms with Crippen molar-refractivity contribution in [3.63, 3.8) is 0 Å². The van der Waals surface area contributed by atoms with Gasteiger partial charge in [-0.05, 0) is 12.1 Å². The zero-order valence-corrected chi connectivity index (χ0v) is 10.0. The van der Waals surface area contributed by atoms with Crippen LogP contribution in [0.25, 0.3) is 0 Å². The predicted octanol–water partition coefficient (Wildman–Crippen LogP) is -1.78. The number of aliphatic hydroxyl groups is 5. The van der Waals surface area contributed by atoms with E-state index in [9.17, 15) is 20.4 Å². The molecule has 1 aliphatic rings. The molecule has 1 heterocycles. The van der Waals surface area contributed by atoms with Gasteiger partial charge in [-0.15, -0.1) is 0 Å². The molecule has 0 saturated carbocycles. The van der Waals surface area contributed by atoms with Gasteiger partial charge in [-0.25, -0.2) is 0 Å². The normalized spacial score (nSPS) is 39.0. The zero-order chi connectivity index (χ0) is 14.0. The summed E-state index contributed by atoms with van der Waals surface area (Å²) in [5, 5.41) is 50.8. The molecule has 0 aliphatic carbocycles. The maximum atomic E-state index is 10.2. The molecule has 0 unspecified atom stereocenters. The van der Waals surface area contributed by atoms with Gasteiger partial charge in [-0.2, -0.15) is 0 Å². The third kappa shape index (κ3) is 2.71. The fourth-order valence-corrected chi connectivity index (χ4v) is 1.99. The van der Waals surface area contributed by atoms with Crippen LogP contribution in [0.15, 0.2) is 30.3 Å². The van der Waals surface area contributed by atoms with Crippen LogP contribution in [0, 0.1) is 0 Å². The highest BCUT2D eigenvalue weighted by Crippen LogP contribution is 2.29. The lowest BCUT2D eigenvalue weighted by Gasteiger charge is -2.45. The molecule has 0 radical (unpaired) electrons. The number of rotatable bonds is 3. The van der Waals surface area contributed by atoms with E-state index in [1.165, 1.54) is 0 Å². The van der Waals surface area contributed by atoms with Crippen molar-refractivity contribution in [2.24, 2.45) is 0 Å². The number of hydrogen-bond donors (Lipinski definition) is 6. The molecule has 19 heavy (non-hydrogen) atoms. The van der Waals surface area contributed by atoms with E-state index < -0.39 is 36.9 Å². The molecule has 1 aromatic rings. The molecule has 6 N–H and O–H groups in total. The second kappa shape index (κ2) is 5.41. The third-order valence-electron chi connectivity index (χ3n) is 3.06. The van der Waals surface area contributed by atoms with Gasteiger partial charge in [0.05, 0.1) is 6.61 Å². The van der Waals surface area contributed by atoms with E-state index in [0.29, 0.717) is 5.69 Å². The molecule has 1 saturated heterocycles. The fraction of sp³-hybridized carbons (Fsp3) is 0.500. The molecule has 0 spiro atoms.